The van der Waals surface area contributed by atoms with Gasteiger partial charge in [0.1, 0.15) is 17.2 Å². The quantitative estimate of drug-likeness (QED) is 0.748. The van der Waals surface area contributed by atoms with Gasteiger partial charge in [0.2, 0.25) is 5.91 Å². The monoisotopic (exact) mass is 385 g/mol. The third-order valence-corrected chi connectivity index (χ3v) is 6.19. The Hall–Kier alpha value is -2.48. The molecule has 7 nitrogen and oxygen atoms in total. The lowest BCUT2D eigenvalue weighted by Crippen LogP contribution is -2.29. The lowest BCUT2D eigenvalue weighted by atomic mass is 9.89. The molecule has 0 saturated heterocycles. The van der Waals surface area contributed by atoms with Gasteiger partial charge in [-0.3, -0.25) is 14.2 Å². The fraction of sp³-hybridized carbons (Fsp3) is 0.474. The van der Waals surface area contributed by atoms with Gasteiger partial charge in [0.15, 0.2) is 0 Å². The van der Waals surface area contributed by atoms with Crippen molar-refractivity contribution in [2.75, 3.05) is 5.32 Å². The molecule has 1 unspecified atom stereocenters. The fourth-order valence-electron chi connectivity index (χ4n) is 3.64. The van der Waals surface area contributed by atoms with Crippen LogP contribution in [-0.2, 0) is 24.2 Å². The summed E-state index contributed by atoms with van der Waals surface area (Å²) in [6.07, 6.45) is 6.14. The highest BCUT2D eigenvalue weighted by molar-refractivity contribution is 7.18. The summed E-state index contributed by atoms with van der Waals surface area (Å²) in [7, 11) is 0. The van der Waals surface area contributed by atoms with E-state index in [1.807, 2.05) is 13.8 Å². The molecule has 27 heavy (non-hydrogen) atoms. The van der Waals surface area contributed by atoms with Gasteiger partial charge < -0.3 is 5.32 Å². The van der Waals surface area contributed by atoms with Crippen molar-refractivity contribution in [3.63, 3.8) is 0 Å². The number of carbonyl (C=O) groups is 1. The molecule has 1 N–H and O–H groups in total. The SMILES string of the molecule is CC1CCc2c(sc3ncn(CC(=O)Nc4ccnn4C(C)C)c(=O)c23)C1. The molecule has 3 heterocycles. The molecule has 0 bridgehead atoms. The van der Waals surface area contributed by atoms with Crippen LogP contribution in [0.3, 0.4) is 0 Å². The zero-order valence-electron chi connectivity index (χ0n) is 15.7. The number of thiophene rings is 1. The van der Waals surface area contributed by atoms with Crippen LogP contribution in [0.4, 0.5) is 5.82 Å². The van der Waals surface area contributed by atoms with E-state index in [9.17, 15) is 9.59 Å². The molecule has 142 valence electrons. The van der Waals surface area contributed by atoms with E-state index in [1.165, 1.54) is 15.8 Å². The predicted molar refractivity (Wildman–Crippen MR) is 106 cm³/mol. The largest absolute Gasteiger partial charge is 0.309 e. The molecule has 3 aromatic heterocycles. The number of aromatic nitrogens is 4. The van der Waals surface area contributed by atoms with Gasteiger partial charge in [-0.15, -0.1) is 11.3 Å². The van der Waals surface area contributed by atoms with Crippen molar-refractivity contribution in [3.8, 4) is 0 Å². The second-order valence-corrected chi connectivity index (χ2v) is 8.60. The molecule has 1 atom stereocenters. The summed E-state index contributed by atoms with van der Waals surface area (Å²) >= 11 is 1.62. The highest BCUT2D eigenvalue weighted by Gasteiger charge is 2.23. The zero-order chi connectivity index (χ0) is 19.1. The summed E-state index contributed by atoms with van der Waals surface area (Å²) in [4.78, 5) is 32.0. The van der Waals surface area contributed by atoms with Gasteiger partial charge >= 0.3 is 0 Å². The highest BCUT2D eigenvalue weighted by atomic mass is 32.1. The van der Waals surface area contributed by atoms with Crippen LogP contribution in [0.25, 0.3) is 10.2 Å². The maximum atomic E-state index is 13.0. The van der Waals surface area contributed by atoms with E-state index >= 15 is 0 Å². The zero-order valence-corrected chi connectivity index (χ0v) is 16.5. The van der Waals surface area contributed by atoms with Gasteiger partial charge in [0.05, 0.1) is 17.9 Å². The normalized spacial score (nSPS) is 16.7. The Morgan fingerprint density at radius 3 is 3.04 bits per heavy atom. The van der Waals surface area contributed by atoms with Gasteiger partial charge in [-0.2, -0.15) is 5.10 Å². The van der Waals surface area contributed by atoms with Crippen LogP contribution >= 0.6 is 11.3 Å². The number of nitrogens with zero attached hydrogens (tertiary/aromatic N) is 4. The van der Waals surface area contributed by atoms with E-state index in [-0.39, 0.29) is 24.1 Å². The molecule has 1 aliphatic rings. The summed E-state index contributed by atoms with van der Waals surface area (Å²) in [5.41, 5.74) is 1.01. The summed E-state index contributed by atoms with van der Waals surface area (Å²) in [5.74, 6) is 1.00. The molecular formula is C19H23N5O2S. The van der Waals surface area contributed by atoms with Crippen LogP contribution in [0.2, 0.25) is 0 Å². The smallest absolute Gasteiger partial charge is 0.262 e. The Bertz CT molecular complexity index is 1060. The lowest BCUT2D eigenvalue weighted by Gasteiger charge is -2.17. The number of rotatable bonds is 4. The summed E-state index contributed by atoms with van der Waals surface area (Å²) in [6, 6.07) is 1.88. The Labute approximate surface area is 161 Å². The van der Waals surface area contributed by atoms with Gasteiger partial charge in [0.25, 0.3) is 5.56 Å². The third kappa shape index (κ3) is 3.29. The molecule has 8 heteroatoms. The number of nitrogens with one attached hydrogen (secondary N) is 1. The minimum atomic E-state index is -0.265. The molecule has 1 aliphatic carbocycles. The van der Waals surface area contributed by atoms with E-state index < -0.39 is 0 Å². The van der Waals surface area contributed by atoms with Crippen molar-refractivity contribution < 1.29 is 4.79 Å². The number of amides is 1. The summed E-state index contributed by atoms with van der Waals surface area (Å²) in [6.45, 7) is 6.16. The fourth-order valence-corrected chi connectivity index (χ4v) is 4.98. The van der Waals surface area contributed by atoms with E-state index in [1.54, 1.807) is 28.3 Å². The van der Waals surface area contributed by atoms with Crippen molar-refractivity contribution in [2.45, 2.75) is 52.6 Å². The second kappa shape index (κ2) is 6.92. The summed E-state index contributed by atoms with van der Waals surface area (Å²) in [5, 5.41) is 7.74. The number of fused-ring (bicyclic) bond motifs is 3. The Balaban J connectivity index is 1.61. The number of anilines is 1. The van der Waals surface area contributed by atoms with Crippen molar-refractivity contribution in [3.05, 3.63) is 39.4 Å². The number of hydrogen-bond donors (Lipinski definition) is 1. The van der Waals surface area contributed by atoms with Gasteiger partial charge in [-0.1, -0.05) is 6.92 Å². The standard InChI is InChI=1S/C19H23N5O2S/c1-11(2)24-15(6-7-21-24)22-16(25)9-23-10-20-18-17(19(23)26)13-5-4-12(3)8-14(13)27-18/h6-7,10-12H,4-5,8-9H2,1-3H3,(H,22,25). The summed E-state index contributed by atoms with van der Waals surface area (Å²) < 4.78 is 3.14. The molecule has 0 saturated carbocycles. The Kier molecular flexibility index (Phi) is 4.59. The first kappa shape index (κ1) is 17.9. The molecular weight excluding hydrogens is 362 g/mol. The van der Waals surface area contributed by atoms with Crippen LogP contribution < -0.4 is 10.9 Å². The maximum Gasteiger partial charge on any atom is 0.262 e. The molecule has 0 fully saturated rings. The van der Waals surface area contributed by atoms with E-state index in [4.69, 9.17) is 0 Å². The Morgan fingerprint density at radius 1 is 1.44 bits per heavy atom. The van der Waals surface area contributed by atoms with Crippen LogP contribution in [0.1, 0.15) is 43.7 Å². The van der Waals surface area contributed by atoms with E-state index in [0.29, 0.717) is 17.1 Å². The molecule has 0 aromatic carbocycles. The molecule has 0 aliphatic heterocycles. The predicted octanol–water partition coefficient (Wildman–Crippen LogP) is 3.00. The van der Waals surface area contributed by atoms with Gasteiger partial charge in [-0.25, -0.2) is 9.67 Å². The number of carbonyl (C=O) groups excluding carboxylic acids is 1. The topological polar surface area (TPSA) is 81.8 Å². The Morgan fingerprint density at radius 2 is 2.26 bits per heavy atom. The second-order valence-electron chi connectivity index (χ2n) is 7.51. The number of hydrogen-bond acceptors (Lipinski definition) is 5. The third-order valence-electron chi connectivity index (χ3n) is 5.02. The molecule has 4 rings (SSSR count). The van der Waals surface area contributed by atoms with Crippen LogP contribution in [0, 0.1) is 5.92 Å². The average Bonchev–Trinajstić information content (AvgIpc) is 3.21. The minimum Gasteiger partial charge on any atom is -0.309 e. The molecule has 3 aromatic rings. The van der Waals surface area contributed by atoms with Crippen LogP contribution in [-0.4, -0.2) is 25.2 Å². The number of aryl methyl sites for hydroxylation is 1. The average molecular weight is 385 g/mol. The molecule has 1 amide bonds. The first-order chi connectivity index (χ1) is 12.9. The lowest BCUT2D eigenvalue weighted by molar-refractivity contribution is -0.116. The van der Waals surface area contributed by atoms with Gasteiger partial charge in [-0.05, 0) is 44.6 Å². The first-order valence-corrected chi connectivity index (χ1v) is 10.1. The molecule has 0 radical (unpaired) electrons. The molecule has 0 spiro atoms. The van der Waals surface area contributed by atoms with Crippen molar-refractivity contribution in [1.29, 1.82) is 0 Å². The van der Waals surface area contributed by atoms with E-state index in [0.717, 1.165) is 29.7 Å². The van der Waals surface area contributed by atoms with Crippen LogP contribution in [0.5, 0.6) is 0 Å². The first-order valence-electron chi connectivity index (χ1n) is 9.27. The van der Waals surface area contributed by atoms with Crippen molar-refractivity contribution in [2.24, 2.45) is 5.92 Å². The van der Waals surface area contributed by atoms with Gasteiger partial charge in [0, 0.05) is 17.0 Å². The maximum absolute atomic E-state index is 13.0. The highest BCUT2D eigenvalue weighted by Crippen LogP contribution is 2.35. The minimum absolute atomic E-state index is 0.0634. The van der Waals surface area contributed by atoms with Crippen molar-refractivity contribution >= 4 is 33.3 Å². The van der Waals surface area contributed by atoms with E-state index in [2.05, 4.69) is 22.3 Å². The van der Waals surface area contributed by atoms with Crippen LogP contribution in [0.15, 0.2) is 23.4 Å². The van der Waals surface area contributed by atoms with Crippen molar-refractivity contribution in [1.82, 2.24) is 19.3 Å².